The molecule has 2 heterocycles. The van der Waals surface area contributed by atoms with Crippen LogP contribution < -0.4 is 5.32 Å². The van der Waals surface area contributed by atoms with Crippen LogP contribution in [0.4, 0.5) is 5.13 Å². The minimum absolute atomic E-state index is 0.219. The number of carbonyl (C=O) groups is 2. The number of hydrogen-bond acceptors (Lipinski definition) is 6. The molecule has 1 amide bonds. The lowest BCUT2D eigenvalue weighted by Crippen LogP contribution is -2.12. The Balaban J connectivity index is 1.82. The van der Waals surface area contributed by atoms with E-state index >= 15 is 0 Å². The number of carbonyl (C=O) groups excluding carboxylic acids is 2. The summed E-state index contributed by atoms with van der Waals surface area (Å²) in [5.41, 5.74) is 1.69. The van der Waals surface area contributed by atoms with Gasteiger partial charge in [0.25, 0.3) is 5.91 Å². The molecular weight excluding hydrogens is 354 g/mol. The van der Waals surface area contributed by atoms with Gasteiger partial charge in [0.1, 0.15) is 0 Å². The number of ether oxygens (including phenoxy) is 2. The van der Waals surface area contributed by atoms with E-state index < -0.39 is 5.97 Å². The Hall–Kier alpha value is -2.71. The zero-order valence-corrected chi connectivity index (χ0v) is 15.6. The summed E-state index contributed by atoms with van der Waals surface area (Å²) in [5.74, 6) is -0.798. The van der Waals surface area contributed by atoms with Gasteiger partial charge in [-0.05, 0) is 30.5 Å². The van der Waals surface area contributed by atoms with Gasteiger partial charge in [0, 0.05) is 35.8 Å². The lowest BCUT2D eigenvalue weighted by Gasteiger charge is -2.06. The Labute approximate surface area is 154 Å². The van der Waals surface area contributed by atoms with Crippen molar-refractivity contribution in [3.05, 3.63) is 46.6 Å². The first-order valence-electron chi connectivity index (χ1n) is 7.98. The number of aromatic nitrogens is 2. The van der Waals surface area contributed by atoms with E-state index in [-0.39, 0.29) is 11.6 Å². The number of aryl methyl sites for hydroxylation is 1. The summed E-state index contributed by atoms with van der Waals surface area (Å²) >= 11 is 1.23. The smallest absolute Gasteiger partial charge is 0.357 e. The summed E-state index contributed by atoms with van der Waals surface area (Å²) < 4.78 is 11.8. The quantitative estimate of drug-likeness (QED) is 0.672. The predicted molar refractivity (Wildman–Crippen MR) is 100.0 cm³/mol. The molecule has 0 aliphatic carbocycles. The van der Waals surface area contributed by atoms with Crippen molar-refractivity contribution in [2.45, 2.75) is 13.5 Å². The normalized spacial score (nSPS) is 10.9. The van der Waals surface area contributed by atoms with Gasteiger partial charge in [-0.15, -0.1) is 11.3 Å². The molecule has 0 bridgehead atoms. The zero-order chi connectivity index (χ0) is 18.7. The molecule has 1 aromatic carbocycles. The van der Waals surface area contributed by atoms with Gasteiger partial charge in [-0.25, -0.2) is 9.78 Å². The highest BCUT2D eigenvalue weighted by Gasteiger charge is 2.18. The number of rotatable bonds is 6. The lowest BCUT2D eigenvalue weighted by molar-refractivity contribution is 0.0594. The van der Waals surface area contributed by atoms with Gasteiger partial charge < -0.3 is 14.0 Å². The van der Waals surface area contributed by atoms with E-state index in [0.717, 1.165) is 10.9 Å². The fourth-order valence-electron chi connectivity index (χ4n) is 2.62. The molecule has 3 rings (SSSR count). The van der Waals surface area contributed by atoms with Crippen LogP contribution in [0, 0.1) is 6.92 Å². The number of thiazole rings is 1. The molecule has 0 atom stereocenters. The molecule has 2 aromatic heterocycles. The highest BCUT2D eigenvalue weighted by molar-refractivity contribution is 7.16. The van der Waals surface area contributed by atoms with Crippen LogP contribution in [-0.2, 0) is 16.0 Å². The van der Waals surface area contributed by atoms with Gasteiger partial charge in [0.2, 0.25) is 0 Å². The molecule has 0 saturated heterocycles. The number of anilines is 1. The van der Waals surface area contributed by atoms with Crippen LogP contribution in [0.5, 0.6) is 0 Å². The van der Waals surface area contributed by atoms with Crippen molar-refractivity contribution >= 4 is 39.2 Å². The molecule has 0 unspecified atom stereocenters. The molecule has 0 saturated carbocycles. The van der Waals surface area contributed by atoms with Crippen LogP contribution in [0.15, 0.2) is 30.5 Å². The Morgan fingerprint density at radius 2 is 2.08 bits per heavy atom. The summed E-state index contributed by atoms with van der Waals surface area (Å²) in [6, 6.07) is 7.50. The number of benzene rings is 1. The van der Waals surface area contributed by atoms with E-state index in [2.05, 4.69) is 15.0 Å². The minimum atomic E-state index is -0.517. The molecule has 7 nitrogen and oxygen atoms in total. The number of methoxy groups -OCH3 is 2. The van der Waals surface area contributed by atoms with Crippen molar-refractivity contribution in [2.75, 3.05) is 26.1 Å². The Morgan fingerprint density at radius 1 is 1.27 bits per heavy atom. The van der Waals surface area contributed by atoms with Gasteiger partial charge >= 0.3 is 5.97 Å². The monoisotopic (exact) mass is 373 g/mol. The van der Waals surface area contributed by atoms with E-state index in [1.165, 1.54) is 18.4 Å². The third-order valence-corrected chi connectivity index (χ3v) is 4.85. The van der Waals surface area contributed by atoms with Crippen molar-refractivity contribution in [1.82, 2.24) is 9.55 Å². The number of amides is 1. The largest absolute Gasteiger partial charge is 0.464 e. The number of esters is 1. The summed E-state index contributed by atoms with van der Waals surface area (Å²) in [6.07, 6.45) is 1.97. The Bertz CT molecular complexity index is 961. The molecule has 1 N–H and O–H groups in total. The SMILES string of the molecule is COCCn1ccc2ccc(C(=O)Nc3nc(C(=O)OC)c(C)s3)cc21. The van der Waals surface area contributed by atoms with Crippen molar-refractivity contribution in [3.8, 4) is 0 Å². The molecule has 26 heavy (non-hydrogen) atoms. The molecule has 8 heteroatoms. The van der Waals surface area contributed by atoms with Crippen LogP contribution >= 0.6 is 11.3 Å². The topological polar surface area (TPSA) is 82.5 Å². The lowest BCUT2D eigenvalue weighted by atomic mass is 10.1. The fourth-order valence-corrected chi connectivity index (χ4v) is 3.41. The molecule has 0 radical (unpaired) electrons. The number of nitrogens with zero attached hydrogens (tertiary/aromatic N) is 2. The van der Waals surface area contributed by atoms with Crippen LogP contribution in [0.2, 0.25) is 0 Å². The van der Waals surface area contributed by atoms with E-state index in [9.17, 15) is 9.59 Å². The highest BCUT2D eigenvalue weighted by Crippen LogP contribution is 2.24. The van der Waals surface area contributed by atoms with E-state index in [4.69, 9.17) is 4.74 Å². The maximum absolute atomic E-state index is 12.6. The van der Waals surface area contributed by atoms with Crippen LogP contribution in [0.3, 0.4) is 0 Å². The summed E-state index contributed by atoms with van der Waals surface area (Å²) in [7, 11) is 2.95. The first-order chi connectivity index (χ1) is 12.5. The molecule has 0 spiro atoms. The van der Waals surface area contributed by atoms with Gasteiger partial charge in [-0.2, -0.15) is 0 Å². The fraction of sp³-hybridized carbons (Fsp3) is 0.278. The first-order valence-corrected chi connectivity index (χ1v) is 8.80. The Kier molecular flexibility index (Phi) is 5.34. The molecular formula is C18H19N3O4S. The van der Waals surface area contributed by atoms with Gasteiger partial charge in [0.15, 0.2) is 10.8 Å². The molecule has 136 valence electrons. The van der Waals surface area contributed by atoms with E-state index in [0.29, 0.717) is 28.7 Å². The van der Waals surface area contributed by atoms with Gasteiger partial charge in [0.05, 0.1) is 13.7 Å². The molecule has 0 aliphatic heterocycles. The van der Waals surface area contributed by atoms with Gasteiger partial charge in [-0.3, -0.25) is 10.1 Å². The van der Waals surface area contributed by atoms with Crippen molar-refractivity contribution in [3.63, 3.8) is 0 Å². The van der Waals surface area contributed by atoms with Crippen LogP contribution in [-0.4, -0.2) is 42.3 Å². The molecule has 0 aliphatic rings. The number of nitrogens with one attached hydrogen (secondary N) is 1. The third-order valence-electron chi connectivity index (χ3n) is 3.97. The summed E-state index contributed by atoms with van der Waals surface area (Å²) in [5, 5.41) is 4.16. The number of hydrogen-bond donors (Lipinski definition) is 1. The van der Waals surface area contributed by atoms with Gasteiger partial charge in [-0.1, -0.05) is 6.07 Å². The number of fused-ring (bicyclic) bond motifs is 1. The van der Waals surface area contributed by atoms with Crippen LogP contribution in [0.25, 0.3) is 10.9 Å². The van der Waals surface area contributed by atoms with E-state index in [1.807, 2.05) is 29.0 Å². The van der Waals surface area contributed by atoms with Crippen molar-refractivity contribution < 1.29 is 19.1 Å². The average Bonchev–Trinajstić information content (AvgIpc) is 3.21. The maximum atomic E-state index is 12.6. The van der Waals surface area contributed by atoms with Crippen molar-refractivity contribution in [1.29, 1.82) is 0 Å². The molecule has 0 fully saturated rings. The second-order valence-corrected chi connectivity index (χ2v) is 6.85. The second-order valence-electron chi connectivity index (χ2n) is 5.65. The first kappa shape index (κ1) is 18.1. The van der Waals surface area contributed by atoms with E-state index in [1.54, 1.807) is 20.1 Å². The molecule has 3 aromatic rings. The zero-order valence-electron chi connectivity index (χ0n) is 14.7. The maximum Gasteiger partial charge on any atom is 0.357 e. The predicted octanol–water partition coefficient (Wildman–Crippen LogP) is 3.09. The third kappa shape index (κ3) is 3.61. The van der Waals surface area contributed by atoms with Crippen molar-refractivity contribution in [2.24, 2.45) is 0 Å². The highest BCUT2D eigenvalue weighted by atomic mass is 32.1. The standard InChI is InChI=1S/C18H19N3O4S/c1-11-15(17(23)25-3)19-18(26-11)20-16(22)13-5-4-12-6-7-21(8-9-24-2)14(12)10-13/h4-7,10H,8-9H2,1-3H3,(H,19,20,22). The summed E-state index contributed by atoms with van der Waals surface area (Å²) in [4.78, 5) is 29.0. The second kappa shape index (κ2) is 7.67. The minimum Gasteiger partial charge on any atom is -0.464 e. The Morgan fingerprint density at radius 3 is 2.81 bits per heavy atom. The average molecular weight is 373 g/mol. The summed E-state index contributed by atoms with van der Waals surface area (Å²) in [6.45, 7) is 3.06. The van der Waals surface area contributed by atoms with Crippen LogP contribution in [0.1, 0.15) is 25.7 Å².